The van der Waals surface area contributed by atoms with Crippen LogP contribution in [0.3, 0.4) is 0 Å². The van der Waals surface area contributed by atoms with Gasteiger partial charge in [-0.15, -0.1) is 0 Å². The van der Waals surface area contributed by atoms with Gasteiger partial charge in [0.1, 0.15) is 5.82 Å². The van der Waals surface area contributed by atoms with Gasteiger partial charge in [0.25, 0.3) is 0 Å². The molecule has 0 aliphatic carbocycles. The van der Waals surface area contributed by atoms with E-state index in [1.807, 2.05) is 24.7 Å². The van der Waals surface area contributed by atoms with Gasteiger partial charge in [0.2, 0.25) is 0 Å². The van der Waals surface area contributed by atoms with Gasteiger partial charge in [0.15, 0.2) is 0 Å². The zero-order chi connectivity index (χ0) is 13.2. The van der Waals surface area contributed by atoms with E-state index in [1.165, 1.54) is 0 Å². The highest BCUT2D eigenvalue weighted by Crippen LogP contribution is 2.30. The lowest BCUT2D eigenvalue weighted by molar-refractivity contribution is 0.465. The van der Waals surface area contributed by atoms with E-state index in [0.717, 1.165) is 35.6 Å². The molecule has 1 fully saturated rings. The van der Waals surface area contributed by atoms with E-state index in [-0.39, 0.29) is 0 Å². The Balaban J connectivity index is 1.95. The first-order chi connectivity index (χ1) is 9.25. The standard InChI is InChI=1S/C13H16N4OS/c14-13-11(2-1-5-16-13)12-8-15-9-17(12)10-3-6-19(18)7-4-10/h1-2,5,8-10H,3-4,6-7H2,(H2,14,16). The number of hydrogen-bond donors (Lipinski definition) is 1. The third-order valence-corrected chi connectivity index (χ3v) is 4.91. The Hall–Kier alpha value is -1.69. The molecule has 0 amide bonds. The summed E-state index contributed by atoms with van der Waals surface area (Å²) in [5.41, 5.74) is 7.83. The number of anilines is 1. The number of nitrogens with zero attached hydrogens (tertiary/aromatic N) is 3. The molecule has 0 spiro atoms. The van der Waals surface area contributed by atoms with Gasteiger partial charge in [0, 0.05) is 40.1 Å². The smallest absolute Gasteiger partial charge is 0.132 e. The SMILES string of the molecule is Nc1ncccc1-c1cncn1C1CCS(=O)CC1. The summed E-state index contributed by atoms with van der Waals surface area (Å²) in [6.45, 7) is 0. The maximum Gasteiger partial charge on any atom is 0.132 e. The van der Waals surface area contributed by atoms with E-state index in [4.69, 9.17) is 5.73 Å². The third kappa shape index (κ3) is 2.40. The highest BCUT2D eigenvalue weighted by atomic mass is 32.2. The highest BCUT2D eigenvalue weighted by Gasteiger charge is 2.22. The lowest BCUT2D eigenvalue weighted by Gasteiger charge is -2.24. The molecule has 0 unspecified atom stereocenters. The first-order valence-electron chi connectivity index (χ1n) is 6.33. The van der Waals surface area contributed by atoms with E-state index in [0.29, 0.717) is 11.9 Å². The Kier molecular flexibility index (Phi) is 3.33. The zero-order valence-corrected chi connectivity index (χ0v) is 11.3. The minimum atomic E-state index is -0.649. The molecule has 6 heteroatoms. The van der Waals surface area contributed by atoms with Crippen LogP contribution < -0.4 is 5.73 Å². The molecule has 5 nitrogen and oxygen atoms in total. The molecule has 0 atom stereocenters. The second-order valence-corrected chi connectivity index (χ2v) is 6.40. The monoisotopic (exact) mass is 276 g/mol. The third-order valence-electron chi connectivity index (χ3n) is 3.53. The van der Waals surface area contributed by atoms with Crippen LogP contribution in [0.1, 0.15) is 18.9 Å². The maximum absolute atomic E-state index is 11.4. The summed E-state index contributed by atoms with van der Waals surface area (Å²) in [5, 5.41) is 0. The number of pyridine rings is 1. The van der Waals surface area contributed by atoms with Crippen molar-refractivity contribution in [2.75, 3.05) is 17.2 Å². The van der Waals surface area contributed by atoms with Gasteiger partial charge >= 0.3 is 0 Å². The number of nitrogens with two attached hydrogens (primary N) is 1. The molecule has 2 N–H and O–H groups in total. The Morgan fingerprint density at radius 3 is 2.89 bits per heavy atom. The van der Waals surface area contributed by atoms with Crippen LogP contribution in [0.15, 0.2) is 30.9 Å². The molecule has 2 aromatic rings. The molecular weight excluding hydrogens is 260 g/mol. The van der Waals surface area contributed by atoms with Crippen LogP contribution in [0.2, 0.25) is 0 Å². The van der Waals surface area contributed by atoms with Crippen LogP contribution in [0.5, 0.6) is 0 Å². The average Bonchev–Trinajstić information content (AvgIpc) is 2.89. The first kappa shape index (κ1) is 12.3. The summed E-state index contributed by atoms with van der Waals surface area (Å²) in [5.74, 6) is 2.05. The fourth-order valence-electron chi connectivity index (χ4n) is 2.50. The first-order valence-corrected chi connectivity index (χ1v) is 7.82. The van der Waals surface area contributed by atoms with Gasteiger partial charge in [-0.25, -0.2) is 9.97 Å². The molecule has 1 aliphatic heterocycles. The summed E-state index contributed by atoms with van der Waals surface area (Å²) in [7, 11) is -0.649. The molecule has 3 heterocycles. The van der Waals surface area contributed by atoms with E-state index in [1.54, 1.807) is 6.20 Å². The predicted octanol–water partition coefficient (Wildman–Crippen LogP) is 1.61. The second kappa shape index (κ2) is 5.13. The summed E-state index contributed by atoms with van der Waals surface area (Å²) in [6, 6.07) is 4.19. The van der Waals surface area contributed by atoms with Crippen LogP contribution in [0.4, 0.5) is 5.82 Å². The van der Waals surface area contributed by atoms with Crippen molar-refractivity contribution in [2.24, 2.45) is 0 Å². The molecule has 19 heavy (non-hydrogen) atoms. The zero-order valence-electron chi connectivity index (χ0n) is 10.5. The van der Waals surface area contributed by atoms with Crippen molar-refractivity contribution in [1.29, 1.82) is 0 Å². The molecule has 3 rings (SSSR count). The van der Waals surface area contributed by atoms with Crippen molar-refractivity contribution in [2.45, 2.75) is 18.9 Å². The van der Waals surface area contributed by atoms with Crippen molar-refractivity contribution in [3.05, 3.63) is 30.9 Å². The van der Waals surface area contributed by atoms with Crippen LogP contribution in [-0.2, 0) is 10.8 Å². The van der Waals surface area contributed by atoms with Crippen LogP contribution in [0.25, 0.3) is 11.3 Å². The summed E-state index contributed by atoms with van der Waals surface area (Å²) >= 11 is 0. The molecule has 1 saturated heterocycles. The summed E-state index contributed by atoms with van der Waals surface area (Å²) < 4.78 is 13.6. The van der Waals surface area contributed by atoms with E-state index >= 15 is 0 Å². The molecule has 0 radical (unpaired) electrons. The maximum atomic E-state index is 11.4. The number of rotatable bonds is 2. The Morgan fingerprint density at radius 1 is 1.37 bits per heavy atom. The molecule has 0 saturated carbocycles. The lowest BCUT2D eigenvalue weighted by Crippen LogP contribution is -2.21. The molecular formula is C13H16N4OS. The van der Waals surface area contributed by atoms with Crippen molar-refractivity contribution in [3.63, 3.8) is 0 Å². The fourth-order valence-corrected chi connectivity index (χ4v) is 3.77. The van der Waals surface area contributed by atoms with Gasteiger partial charge in [0.05, 0.1) is 18.2 Å². The van der Waals surface area contributed by atoms with Gasteiger partial charge in [-0.3, -0.25) is 4.21 Å². The van der Waals surface area contributed by atoms with E-state index < -0.39 is 10.8 Å². The minimum absolute atomic E-state index is 0.356. The number of nitrogen functional groups attached to an aromatic ring is 1. The minimum Gasteiger partial charge on any atom is -0.383 e. The highest BCUT2D eigenvalue weighted by molar-refractivity contribution is 7.85. The topological polar surface area (TPSA) is 73.8 Å². The normalized spacial score (nSPS) is 23.4. The van der Waals surface area contributed by atoms with E-state index in [2.05, 4.69) is 14.5 Å². The van der Waals surface area contributed by atoms with Crippen molar-refractivity contribution >= 4 is 16.6 Å². The van der Waals surface area contributed by atoms with E-state index in [9.17, 15) is 4.21 Å². The summed E-state index contributed by atoms with van der Waals surface area (Å²) in [4.78, 5) is 8.36. The molecule has 100 valence electrons. The summed E-state index contributed by atoms with van der Waals surface area (Å²) in [6.07, 6.45) is 7.19. The molecule has 0 aromatic carbocycles. The number of hydrogen-bond acceptors (Lipinski definition) is 4. The van der Waals surface area contributed by atoms with Crippen LogP contribution in [-0.4, -0.2) is 30.2 Å². The molecule has 2 aromatic heterocycles. The lowest BCUT2D eigenvalue weighted by atomic mass is 10.1. The fraction of sp³-hybridized carbons (Fsp3) is 0.385. The van der Waals surface area contributed by atoms with Crippen molar-refractivity contribution < 1.29 is 4.21 Å². The largest absolute Gasteiger partial charge is 0.383 e. The van der Waals surface area contributed by atoms with Gasteiger partial charge in [-0.1, -0.05) is 0 Å². The Morgan fingerprint density at radius 2 is 2.16 bits per heavy atom. The van der Waals surface area contributed by atoms with Crippen molar-refractivity contribution in [3.8, 4) is 11.3 Å². The van der Waals surface area contributed by atoms with Gasteiger partial charge in [-0.05, 0) is 25.0 Å². The number of imidazole rings is 1. The Labute approximate surface area is 114 Å². The quantitative estimate of drug-likeness (QED) is 0.904. The van der Waals surface area contributed by atoms with Gasteiger partial charge < -0.3 is 10.3 Å². The van der Waals surface area contributed by atoms with Gasteiger partial charge in [-0.2, -0.15) is 0 Å². The predicted molar refractivity (Wildman–Crippen MR) is 76.0 cm³/mol. The molecule has 1 aliphatic rings. The van der Waals surface area contributed by atoms with Crippen LogP contribution in [0, 0.1) is 0 Å². The van der Waals surface area contributed by atoms with Crippen LogP contribution >= 0.6 is 0 Å². The second-order valence-electron chi connectivity index (χ2n) is 4.70. The molecule has 0 bridgehead atoms. The average molecular weight is 276 g/mol. The van der Waals surface area contributed by atoms with Crippen molar-refractivity contribution in [1.82, 2.24) is 14.5 Å². The number of aromatic nitrogens is 3. The Bertz CT molecular complexity index is 600.